The standard InChI is InChI=1S/3Mg.3Na.H3O4P.6H/c;;;;;;1-5(2,3)4;;;;;;/h;;;;;;(H3,1,2,3,4);;;;;;/q3*+2;3*+1;;6*-1/p-3. The van der Waals surface area contributed by atoms with Crippen molar-refractivity contribution in [3.8, 4) is 0 Å². The van der Waals surface area contributed by atoms with Gasteiger partial charge in [-0.15, -0.1) is 0 Å². The summed E-state index contributed by atoms with van der Waals surface area (Å²) in [4.78, 5) is 25.6. The third-order valence-electron chi connectivity index (χ3n) is 0. The fourth-order valence-corrected chi connectivity index (χ4v) is 0. The van der Waals surface area contributed by atoms with Crippen LogP contribution in [-0.4, -0.2) is 69.2 Å². The van der Waals surface area contributed by atoms with Crippen LogP contribution in [0.4, 0.5) is 0 Å². The summed E-state index contributed by atoms with van der Waals surface area (Å²) in [6, 6.07) is 0. The number of phosphoric acid groups is 1. The van der Waals surface area contributed by atoms with Crippen molar-refractivity contribution in [3.63, 3.8) is 0 Å². The monoisotopic (exact) mass is 242 g/mol. The Morgan fingerprint density at radius 2 is 0.818 bits per heavy atom. The summed E-state index contributed by atoms with van der Waals surface area (Å²) >= 11 is 0. The molecule has 0 aliphatic carbocycles. The molecule has 0 N–H and O–H groups in total. The van der Waals surface area contributed by atoms with Gasteiger partial charge < -0.3 is 27.8 Å². The second-order valence-corrected chi connectivity index (χ2v) is 1.34. The molecule has 0 aromatic carbocycles. The normalized spacial score (nSPS) is 5.36. The molecule has 0 aromatic rings. The van der Waals surface area contributed by atoms with Gasteiger partial charge >= 0.3 is 158 Å². The summed E-state index contributed by atoms with van der Waals surface area (Å²) in [5.41, 5.74) is 0. The first-order valence-corrected chi connectivity index (χ1v) is 2.19. The molecule has 0 unspecified atom stereocenters. The zero-order valence-electron chi connectivity index (χ0n) is 13.2. The summed E-state index contributed by atoms with van der Waals surface area (Å²) in [7, 11) is -5.39. The first kappa shape index (κ1) is 44.0. The van der Waals surface area contributed by atoms with E-state index in [4.69, 9.17) is 19.2 Å². The Kier molecular flexibility index (Phi) is 98.3. The molecule has 0 saturated carbocycles. The van der Waals surface area contributed by atoms with Crippen molar-refractivity contribution in [1.29, 1.82) is 0 Å². The first-order chi connectivity index (χ1) is 2.00. The minimum atomic E-state index is -5.39. The molecule has 0 fully saturated rings. The van der Waals surface area contributed by atoms with Gasteiger partial charge in [0.25, 0.3) is 0 Å². The second-order valence-electron chi connectivity index (χ2n) is 0.447. The molecule has 0 heterocycles. The Morgan fingerprint density at radius 1 is 0.818 bits per heavy atom. The minimum absolute atomic E-state index is 0. The van der Waals surface area contributed by atoms with Gasteiger partial charge in [-0.1, -0.05) is 0 Å². The molecule has 0 aromatic heterocycles. The predicted molar refractivity (Wildman–Crippen MR) is 31.5 cm³/mol. The van der Waals surface area contributed by atoms with E-state index >= 15 is 0 Å². The molecule has 0 bridgehead atoms. The average molecular weight is 243 g/mol. The van der Waals surface area contributed by atoms with Gasteiger partial charge in [-0.05, 0) is 0 Å². The van der Waals surface area contributed by atoms with Gasteiger partial charge in [0.05, 0.1) is 0 Å². The molecule has 0 rings (SSSR count). The van der Waals surface area contributed by atoms with Crippen LogP contribution in [-0.2, 0) is 4.57 Å². The molecule has 0 atom stereocenters. The molecule has 0 spiro atoms. The van der Waals surface area contributed by atoms with Gasteiger partial charge in [-0.25, -0.2) is 0 Å². The van der Waals surface area contributed by atoms with Crippen LogP contribution < -0.4 is 103 Å². The average Bonchev–Trinajstić information content (AvgIpc) is 0.722. The number of hydrogen-bond donors (Lipinski definition) is 0. The second kappa shape index (κ2) is 24.6. The zero-order chi connectivity index (χ0) is 4.50. The molecular formula is H6Mg3Na3O4P. The van der Waals surface area contributed by atoms with Crippen molar-refractivity contribution >= 4 is 77.0 Å². The molecule has 0 amide bonds. The van der Waals surface area contributed by atoms with E-state index < -0.39 is 7.82 Å². The van der Waals surface area contributed by atoms with Crippen molar-refractivity contribution < 1.29 is 116 Å². The topological polar surface area (TPSA) is 86.2 Å². The SMILES string of the molecule is O=P([O-])([O-])[O-].[H-].[H-].[H-].[H-].[H-].[H-].[Mg+2].[Mg+2].[Mg+2].[Na+].[Na+].[Na+]. The molecular weight excluding hydrogens is 237 g/mol. The van der Waals surface area contributed by atoms with E-state index in [-0.39, 0.29) is 166 Å². The van der Waals surface area contributed by atoms with Crippen LogP contribution in [0, 0.1) is 0 Å². The van der Waals surface area contributed by atoms with Crippen LogP contribution >= 0.6 is 7.82 Å². The minimum Gasteiger partial charge on any atom is -1.00 e. The van der Waals surface area contributed by atoms with Crippen molar-refractivity contribution in [3.05, 3.63) is 0 Å². The van der Waals surface area contributed by atoms with Crippen LogP contribution in [0.2, 0.25) is 0 Å². The fourth-order valence-electron chi connectivity index (χ4n) is 0. The number of hydrogen-bond acceptors (Lipinski definition) is 4. The molecule has 0 radical (unpaired) electrons. The van der Waals surface area contributed by atoms with Gasteiger partial charge in [0, 0.05) is 0 Å². The van der Waals surface area contributed by atoms with Crippen LogP contribution in [0.1, 0.15) is 8.56 Å². The van der Waals surface area contributed by atoms with Crippen LogP contribution in [0.5, 0.6) is 0 Å². The Bertz CT molecular complexity index is 82.6. The van der Waals surface area contributed by atoms with Crippen molar-refractivity contribution in [2.24, 2.45) is 0 Å². The number of rotatable bonds is 0. The van der Waals surface area contributed by atoms with Gasteiger partial charge in [0.2, 0.25) is 0 Å². The first-order valence-electron chi connectivity index (χ1n) is 0.730. The molecule has 44 valence electrons. The molecule has 0 aliphatic heterocycles. The third kappa shape index (κ3) is 94.7. The van der Waals surface area contributed by atoms with Crippen LogP contribution in [0.25, 0.3) is 0 Å². The van der Waals surface area contributed by atoms with E-state index in [9.17, 15) is 0 Å². The molecule has 11 heavy (non-hydrogen) atoms. The quantitative estimate of drug-likeness (QED) is 0.312. The maximum absolute atomic E-state index is 8.55. The summed E-state index contributed by atoms with van der Waals surface area (Å²) in [5.74, 6) is 0. The Balaban J connectivity index is -0.00000000121. The molecule has 0 saturated heterocycles. The summed E-state index contributed by atoms with van der Waals surface area (Å²) < 4.78 is 8.55. The Hall–Kier alpha value is 5.41. The maximum atomic E-state index is 8.55. The van der Waals surface area contributed by atoms with E-state index in [1.54, 1.807) is 0 Å². The van der Waals surface area contributed by atoms with E-state index in [1.807, 2.05) is 0 Å². The zero-order valence-corrected chi connectivity index (χ0v) is 18.3. The summed E-state index contributed by atoms with van der Waals surface area (Å²) in [6.07, 6.45) is 0. The van der Waals surface area contributed by atoms with E-state index in [2.05, 4.69) is 0 Å². The summed E-state index contributed by atoms with van der Waals surface area (Å²) in [6.45, 7) is 0. The van der Waals surface area contributed by atoms with Gasteiger partial charge in [-0.3, -0.25) is 0 Å². The molecule has 4 nitrogen and oxygen atoms in total. The van der Waals surface area contributed by atoms with E-state index in [1.165, 1.54) is 0 Å². The van der Waals surface area contributed by atoms with Crippen molar-refractivity contribution in [2.45, 2.75) is 0 Å². The molecule has 0 aliphatic rings. The summed E-state index contributed by atoms with van der Waals surface area (Å²) in [5, 5.41) is 0. The van der Waals surface area contributed by atoms with Gasteiger partial charge in [0.1, 0.15) is 0 Å². The van der Waals surface area contributed by atoms with Crippen molar-refractivity contribution in [1.82, 2.24) is 0 Å². The smallest absolute Gasteiger partial charge is 1.00 e. The third-order valence-corrected chi connectivity index (χ3v) is 0. The van der Waals surface area contributed by atoms with Crippen LogP contribution in [0.15, 0.2) is 0 Å². The maximum Gasteiger partial charge on any atom is 2.00 e. The van der Waals surface area contributed by atoms with Gasteiger partial charge in [-0.2, -0.15) is 7.82 Å². The van der Waals surface area contributed by atoms with Crippen LogP contribution in [0.3, 0.4) is 0 Å². The predicted octanol–water partition coefficient (Wildman–Crippen LogP) is -12.3. The fraction of sp³-hybridized carbons (Fsp3) is 0. The van der Waals surface area contributed by atoms with Gasteiger partial charge in [0.15, 0.2) is 0 Å². The Morgan fingerprint density at radius 3 is 0.818 bits per heavy atom. The largest absolute Gasteiger partial charge is 2.00 e. The molecule has 11 heteroatoms. The van der Waals surface area contributed by atoms with E-state index in [0.717, 1.165) is 0 Å². The Labute approximate surface area is 189 Å². The van der Waals surface area contributed by atoms with Crippen molar-refractivity contribution in [2.75, 3.05) is 0 Å². The van der Waals surface area contributed by atoms with E-state index in [0.29, 0.717) is 0 Å².